The fourth-order valence-corrected chi connectivity index (χ4v) is 2.12. The van der Waals surface area contributed by atoms with E-state index in [1.807, 2.05) is 12.1 Å². The molecular formula is C16H17F2NO. The van der Waals surface area contributed by atoms with Crippen LogP contribution < -0.4 is 5.32 Å². The van der Waals surface area contributed by atoms with Crippen LogP contribution in [0.15, 0.2) is 42.5 Å². The molecule has 0 aliphatic rings. The van der Waals surface area contributed by atoms with Crippen molar-refractivity contribution in [3.8, 4) is 5.75 Å². The highest BCUT2D eigenvalue weighted by Gasteiger charge is 2.14. The van der Waals surface area contributed by atoms with Crippen LogP contribution in [0.4, 0.5) is 8.78 Å². The standard InChI is InChI=1S/C16H17F2NO/c1-11(16-14(17)3-2-4-15(16)18)19-10-9-12-5-7-13(20)8-6-12/h2-8,11,19-20H,9-10H2,1H3. The molecule has 0 heterocycles. The molecule has 20 heavy (non-hydrogen) atoms. The second-order valence-electron chi connectivity index (χ2n) is 4.73. The van der Waals surface area contributed by atoms with Crippen molar-refractivity contribution in [3.63, 3.8) is 0 Å². The molecule has 0 aliphatic carbocycles. The normalized spacial score (nSPS) is 12.3. The Balaban J connectivity index is 1.92. The Kier molecular flexibility index (Phi) is 4.69. The van der Waals surface area contributed by atoms with Gasteiger partial charge in [0.15, 0.2) is 0 Å². The van der Waals surface area contributed by atoms with Gasteiger partial charge in [-0.3, -0.25) is 0 Å². The van der Waals surface area contributed by atoms with Crippen molar-refractivity contribution >= 4 is 0 Å². The van der Waals surface area contributed by atoms with E-state index in [0.29, 0.717) is 6.54 Å². The molecule has 1 atom stereocenters. The molecule has 0 bridgehead atoms. The molecule has 0 fully saturated rings. The first-order chi connectivity index (χ1) is 9.58. The summed E-state index contributed by atoms with van der Waals surface area (Å²) < 4.78 is 27.2. The molecule has 2 aromatic carbocycles. The first kappa shape index (κ1) is 14.5. The summed E-state index contributed by atoms with van der Waals surface area (Å²) in [6, 6.07) is 10.4. The zero-order valence-corrected chi connectivity index (χ0v) is 11.2. The topological polar surface area (TPSA) is 32.3 Å². The fourth-order valence-electron chi connectivity index (χ4n) is 2.12. The minimum Gasteiger partial charge on any atom is -0.508 e. The first-order valence-corrected chi connectivity index (χ1v) is 6.53. The predicted octanol–water partition coefficient (Wildman–Crippen LogP) is 3.56. The SMILES string of the molecule is CC(NCCc1ccc(O)cc1)c1c(F)cccc1F. The maximum atomic E-state index is 13.6. The van der Waals surface area contributed by atoms with Gasteiger partial charge in [0.1, 0.15) is 17.4 Å². The van der Waals surface area contributed by atoms with Crippen molar-refractivity contribution in [2.24, 2.45) is 0 Å². The number of aromatic hydroxyl groups is 1. The average Bonchev–Trinajstić information content (AvgIpc) is 2.41. The Morgan fingerprint density at radius 3 is 2.25 bits per heavy atom. The van der Waals surface area contributed by atoms with E-state index in [0.717, 1.165) is 12.0 Å². The van der Waals surface area contributed by atoms with Crippen molar-refractivity contribution in [2.75, 3.05) is 6.54 Å². The van der Waals surface area contributed by atoms with E-state index >= 15 is 0 Å². The third-order valence-corrected chi connectivity index (χ3v) is 3.23. The summed E-state index contributed by atoms with van der Waals surface area (Å²) in [6.07, 6.45) is 0.723. The maximum Gasteiger partial charge on any atom is 0.130 e. The lowest BCUT2D eigenvalue weighted by Crippen LogP contribution is -2.23. The van der Waals surface area contributed by atoms with E-state index in [2.05, 4.69) is 5.32 Å². The smallest absolute Gasteiger partial charge is 0.130 e. The molecule has 0 radical (unpaired) electrons. The third kappa shape index (κ3) is 3.54. The van der Waals surface area contributed by atoms with Crippen molar-refractivity contribution in [1.29, 1.82) is 0 Å². The molecule has 0 spiro atoms. The summed E-state index contributed by atoms with van der Waals surface area (Å²) in [4.78, 5) is 0. The summed E-state index contributed by atoms with van der Waals surface area (Å²) in [5.74, 6) is -0.840. The number of nitrogens with one attached hydrogen (secondary N) is 1. The van der Waals surface area contributed by atoms with Crippen LogP contribution in [0.25, 0.3) is 0 Å². The van der Waals surface area contributed by atoms with Crippen LogP contribution in [-0.4, -0.2) is 11.7 Å². The van der Waals surface area contributed by atoms with Crippen LogP contribution >= 0.6 is 0 Å². The highest BCUT2D eigenvalue weighted by Crippen LogP contribution is 2.20. The minimum atomic E-state index is -0.533. The Hall–Kier alpha value is -1.94. The number of hydrogen-bond donors (Lipinski definition) is 2. The summed E-state index contributed by atoms with van der Waals surface area (Å²) in [5, 5.41) is 12.3. The van der Waals surface area contributed by atoms with Gasteiger partial charge < -0.3 is 10.4 Å². The van der Waals surface area contributed by atoms with Crippen molar-refractivity contribution < 1.29 is 13.9 Å². The predicted molar refractivity (Wildman–Crippen MR) is 74.6 cm³/mol. The van der Waals surface area contributed by atoms with Gasteiger partial charge in [-0.05, 0) is 49.7 Å². The lowest BCUT2D eigenvalue weighted by molar-refractivity contribution is 0.474. The lowest BCUT2D eigenvalue weighted by atomic mass is 10.1. The van der Waals surface area contributed by atoms with Crippen molar-refractivity contribution in [2.45, 2.75) is 19.4 Å². The summed E-state index contributed by atoms with van der Waals surface area (Å²) in [5.41, 5.74) is 1.12. The summed E-state index contributed by atoms with van der Waals surface area (Å²) in [6.45, 7) is 2.33. The van der Waals surface area contributed by atoms with Gasteiger partial charge in [-0.1, -0.05) is 18.2 Å². The fraction of sp³-hybridized carbons (Fsp3) is 0.250. The zero-order chi connectivity index (χ0) is 14.5. The number of halogens is 2. The van der Waals surface area contributed by atoms with Gasteiger partial charge in [0, 0.05) is 11.6 Å². The van der Waals surface area contributed by atoms with E-state index in [1.54, 1.807) is 19.1 Å². The number of benzene rings is 2. The zero-order valence-electron chi connectivity index (χ0n) is 11.2. The monoisotopic (exact) mass is 277 g/mol. The van der Waals surface area contributed by atoms with E-state index in [9.17, 15) is 13.9 Å². The van der Waals surface area contributed by atoms with Gasteiger partial charge in [-0.25, -0.2) is 8.78 Å². The van der Waals surface area contributed by atoms with Gasteiger partial charge in [0.05, 0.1) is 0 Å². The number of phenols is 1. The average molecular weight is 277 g/mol. The Bertz CT molecular complexity index is 549. The van der Waals surface area contributed by atoms with E-state index in [4.69, 9.17) is 0 Å². The second-order valence-corrected chi connectivity index (χ2v) is 4.73. The van der Waals surface area contributed by atoms with E-state index < -0.39 is 17.7 Å². The summed E-state index contributed by atoms with van der Waals surface area (Å²) in [7, 11) is 0. The Labute approximate surface area is 117 Å². The second kappa shape index (κ2) is 6.48. The van der Waals surface area contributed by atoms with Crippen molar-refractivity contribution in [1.82, 2.24) is 5.32 Å². The molecule has 2 N–H and O–H groups in total. The number of phenolic OH excluding ortho intramolecular Hbond substituents is 1. The molecule has 106 valence electrons. The van der Waals surface area contributed by atoms with Gasteiger partial charge in [-0.2, -0.15) is 0 Å². The molecule has 0 saturated heterocycles. The van der Waals surface area contributed by atoms with Crippen LogP contribution in [0.1, 0.15) is 24.1 Å². The molecule has 2 rings (SSSR count). The molecule has 2 nitrogen and oxygen atoms in total. The van der Waals surface area contributed by atoms with E-state index in [1.165, 1.54) is 18.2 Å². The summed E-state index contributed by atoms with van der Waals surface area (Å²) >= 11 is 0. The molecule has 0 aromatic heterocycles. The molecular weight excluding hydrogens is 260 g/mol. The highest BCUT2D eigenvalue weighted by atomic mass is 19.1. The molecule has 2 aromatic rings. The molecule has 4 heteroatoms. The Morgan fingerprint density at radius 1 is 1.05 bits per heavy atom. The van der Waals surface area contributed by atoms with Crippen LogP contribution in [0.5, 0.6) is 5.75 Å². The number of hydrogen-bond acceptors (Lipinski definition) is 2. The maximum absolute atomic E-state index is 13.6. The third-order valence-electron chi connectivity index (χ3n) is 3.23. The molecule has 0 aliphatic heterocycles. The quantitative estimate of drug-likeness (QED) is 0.875. The van der Waals surface area contributed by atoms with Gasteiger partial charge in [0.25, 0.3) is 0 Å². The van der Waals surface area contributed by atoms with Crippen LogP contribution in [0.3, 0.4) is 0 Å². The number of rotatable bonds is 5. The van der Waals surface area contributed by atoms with Gasteiger partial charge in [0.2, 0.25) is 0 Å². The van der Waals surface area contributed by atoms with Gasteiger partial charge in [-0.15, -0.1) is 0 Å². The van der Waals surface area contributed by atoms with Crippen LogP contribution in [0, 0.1) is 11.6 Å². The first-order valence-electron chi connectivity index (χ1n) is 6.53. The van der Waals surface area contributed by atoms with Crippen LogP contribution in [-0.2, 0) is 6.42 Å². The van der Waals surface area contributed by atoms with E-state index in [-0.39, 0.29) is 11.3 Å². The highest BCUT2D eigenvalue weighted by molar-refractivity contribution is 5.26. The minimum absolute atomic E-state index is 0.0678. The lowest BCUT2D eigenvalue weighted by Gasteiger charge is -2.15. The Morgan fingerprint density at radius 2 is 1.65 bits per heavy atom. The largest absolute Gasteiger partial charge is 0.508 e. The van der Waals surface area contributed by atoms with Gasteiger partial charge >= 0.3 is 0 Å². The molecule has 1 unspecified atom stereocenters. The van der Waals surface area contributed by atoms with Crippen molar-refractivity contribution in [3.05, 3.63) is 65.2 Å². The molecule has 0 saturated carbocycles. The van der Waals surface area contributed by atoms with Crippen LogP contribution in [0.2, 0.25) is 0 Å². The molecule has 0 amide bonds.